The monoisotopic (exact) mass is 233 g/mol. The Morgan fingerprint density at radius 2 is 2.29 bits per heavy atom. The first-order valence-corrected chi connectivity index (χ1v) is 6.11. The SMILES string of the molecule is CCCNCCOCc1cn2ccccc2n1. The van der Waals surface area contributed by atoms with Crippen molar-refractivity contribution >= 4 is 5.65 Å². The molecule has 0 atom stereocenters. The van der Waals surface area contributed by atoms with Crippen LogP contribution in [0.25, 0.3) is 5.65 Å². The number of hydrogen-bond donors (Lipinski definition) is 1. The molecule has 0 unspecified atom stereocenters. The van der Waals surface area contributed by atoms with Gasteiger partial charge in [0, 0.05) is 18.9 Å². The molecule has 0 aliphatic rings. The number of pyridine rings is 1. The first-order chi connectivity index (χ1) is 8.40. The Kier molecular flexibility index (Phi) is 4.53. The number of rotatable bonds is 7. The third kappa shape index (κ3) is 3.54. The zero-order valence-electron chi connectivity index (χ0n) is 10.2. The second kappa shape index (κ2) is 6.37. The van der Waals surface area contributed by atoms with Gasteiger partial charge in [-0.1, -0.05) is 13.0 Å². The molecule has 2 heterocycles. The van der Waals surface area contributed by atoms with E-state index in [1.165, 1.54) is 0 Å². The standard InChI is InChI=1S/C13H19N3O/c1-2-6-14-7-9-17-11-12-10-16-8-4-3-5-13(16)15-12/h3-5,8,10,14H,2,6-7,9,11H2,1H3. The summed E-state index contributed by atoms with van der Waals surface area (Å²) >= 11 is 0. The van der Waals surface area contributed by atoms with Crippen molar-refractivity contribution in [2.24, 2.45) is 0 Å². The van der Waals surface area contributed by atoms with Crippen LogP contribution in [0.4, 0.5) is 0 Å². The van der Waals surface area contributed by atoms with Crippen LogP contribution in [0.1, 0.15) is 19.0 Å². The van der Waals surface area contributed by atoms with Gasteiger partial charge in [-0.25, -0.2) is 4.98 Å². The van der Waals surface area contributed by atoms with Crippen molar-refractivity contribution in [3.63, 3.8) is 0 Å². The summed E-state index contributed by atoms with van der Waals surface area (Å²) in [6.45, 7) is 5.42. The van der Waals surface area contributed by atoms with Crippen LogP contribution in [0.3, 0.4) is 0 Å². The molecule has 2 aromatic rings. The van der Waals surface area contributed by atoms with Crippen molar-refractivity contribution in [3.05, 3.63) is 36.3 Å². The minimum absolute atomic E-state index is 0.579. The van der Waals surface area contributed by atoms with Crippen molar-refractivity contribution in [1.29, 1.82) is 0 Å². The second-order valence-electron chi connectivity index (χ2n) is 4.00. The van der Waals surface area contributed by atoms with E-state index in [9.17, 15) is 0 Å². The minimum Gasteiger partial charge on any atom is -0.374 e. The van der Waals surface area contributed by atoms with Gasteiger partial charge >= 0.3 is 0 Å². The number of imidazole rings is 1. The molecule has 0 bridgehead atoms. The van der Waals surface area contributed by atoms with Gasteiger partial charge in [-0.2, -0.15) is 0 Å². The molecule has 0 aliphatic heterocycles. The molecule has 0 fully saturated rings. The van der Waals surface area contributed by atoms with Crippen molar-refractivity contribution in [1.82, 2.24) is 14.7 Å². The fourth-order valence-corrected chi connectivity index (χ4v) is 1.68. The fourth-order valence-electron chi connectivity index (χ4n) is 1.68. The van der Waals surface area contributed by atoms with Gasteiger partial charge in [0.05, 0.1) is 18.9 Å². The predicted molar refractivity (Wildman–Crippen MR) is 68.0 cm³/mol. The Labute approximate surface area is 102 Å². The zero-order chi connectivity index (χ0) is 11.9. The van der Waals surface area contributed by atoms with Crippen molar-refractivity contribution in [2.75, 3.05) is 19.7 Å². The van der Waals surface area contributed by atoms with Crippen molar-refractivity contribution in [2.45, 2.75) is 20.0 Å². The van der Waals surface area contributed by atoms with E-state index in [2.05, 4.69) is 17.2 Å². The van der Waals surface area contributed by atoms with E-state index >= 15 is 0 Å². The molecular formula is C13H19N3O. The van der Waals surface area contributed by atoms with E-state index in [1.54, 1.807) is 0 Å². The van der Waals surface area contributed by atoms with Crippen LogP contribution in [0.2, 0.25) is 0 Å². The molecule has 2 rings (SSSR count). The molecule has 0 saturated heterocycles. The highest BCUT2D eigenvalue weighted by Gasteiger charge is 2.00. The Bertz CT molecular complexity index is 420. The summed E-state index contributed by atoms with van der Waals surface area (Å²) in [7, 11) is 0. The molecule has 4 heteroatoms. The van der Waals surface area contributed by atoms with Gasteiger partial charge in [-0.05, 0) is 25.1 Å². The van der Waals surface area contributed by atoms with E-state index in [0.717, 1.165) is 37.5 Å². The van der Waals surface area contributed by atoms with Gasteiger partial charge in [0.1, 0.15) is 5.65 Å². The largest absolute Gasteiger partial charge is 0.374 e. The molecule has 4 nitrogen and oxygen atoms in total. The molecule has 0 aliphatic carbocycles. The third-order valence-electron chi connectivity index (χ3n) is 2.51. The summed E-state index contributed by atoms with van der Waals surface area (Å²) in [5, 5.41) is 3.30. The average molecular weight is 233 g/mol. The quantitative estimate of drug-likeness (QED) is 0.742. The van der Waals surface area contributed by atoms with Crippen LogP contribution in [0.15, 0.2) is 30.6 Å². The second-order valence-corrected chi connectivity index (χ2v) is 4.00. The highest BCUT2D eigenvalue weighted by molar-refractivity contribution is 5.39. The smallest absolute Gasteiger partial charge is 0.137 e. The van der Waals surface area contributed by atoms with Crippen LogP contribution < -0.4 is 5.32 Å². The van der Waals surface area contributed by atoms with Gasteiger partial charge in [0.15, 0.2) is 0 Å². The molecule has 92 valence electrons. The van der Waals surface area contributed by atoms with Crippen LogP contribution in [0, 0.1) is 0 Å². The maximum Gasteiger partial charge on any atom is 0.137 e. The van der Waals surface area contributed by atoms with E-state index in [1.807, 2.05) is 35.0 Å². The summed E-state index contributed by atoms with van der Waals surface area (Å²) in [4.78, 5) is 4.46. The van der Waals surface area contributed by atoms with Gasteiger partial charge in [0.2, 0.25) is 0 Å². The third-order valence-corrected chi connectivity index (χ3v) is 2.51. The normalized spacial score (nSPS) is 11.1. The van der Waals surface area contributed by atoms with Gasteiger partial charge in [-0.15, -0.1) is 0 Å². The number of fused-ring (bicyclic) bond motifs is 1. The molecule has 0 radical (unpaired) electrons. The number of nitrogens with zero attached hydrogens (tertiary/aromatic N) is 2. The zero-order valence-corrected chi connectivity index (χ0v) is 10.2. The number of nitrogens with one attached hydrogen (secondary N) is 1. The lowest BCUT2D eigenvalue weighted by atomic mass is 10.5. The Balaban J connectivity index is 1.75. The average Bonchev–Trinajstić information content (AvgIpc) is 2.76. The summed E-state index contributed by atoms with van der Waals surface area (Å²) in [5.74, 6) is 0. The Hall–Kier alpha value is -1.39. The van der Waals surface area contributed by atoms with Gasteiger partial charge in [0.25, 0.3) is 0 Å². The minimum atomic E-state index is 0.579. The van der Waals surface area contributed by atoms with Gasteiger partial charge in [-0.3, -0.25) is 0 Å². The summed E-state index contributed by atoms with van der Waals surface area (Å²) in [5.41, 5.74) is 1.95. The fraction of sp³-hybridized carbons (Fsp3) is 0.462. The molecule has 0 saturated carbocycles. The first kappa shape index (κ1) is 12.1. The Morgan fingerprint density at radius 3 is 3.12 bits per heavy atom. The van der Waals surface area contributed by atoms with Crippen molar-refractivity contribution in [3.8, 4) is 0 Å². The molecule has 0 aromatic carbocycles. The maximum absolute atomic E-state index is 5.56. The van der Waals surface area contributed by atoms with Crippen LogP contribution in [-0.4, -0.2) is 29.1 Å². The molecule has 0 spiro atoms. The lowest BCUT2D eigenvalue weighted by Gasteiger charge is -2.03. The Morgan fingerprint density at radius 1 is 1.35 bits per heavy atom. The van der Waals surface area contributed by atoms with E-state index in [-0.39, 0.29) is 0 Å². The van der Waals surface area contributed by atoms with Crippen molar-refractivity contribution < 1.29 is 4.74 Å². The predicted octanol–water partition coefficient (Wildman–Crippen LogP) is 1.85. The van der Waals surface area contributed by atoms with E-state index in [0.29, 0.717) is 6.61 Å². The van der Waals surface area contributed by atoms with Crippen LogP contribution in [-0.2, 0) is 11.3 Å². The summed E-state index contributed by atoms with van der Waals surface area (Å²) in [6, 6.07) is 5.97. The van der Waals surface area contributed by atoms with Crippen LogP contribution in [0.5, 0.6) is 0 Å². The lowest BCUT2D eigenvalue weighted by Crippen LogP contribution is -2.20. The van der Waals surface area contributed by atoms with Crippen LogP contribution >= 0.6 is 0 Å². The summed E-state index contributed by atoms with van der Waals surface area (Å²) in [6.07, 6.45) is 5.16. The van der Waals surface area contributed by atoms with Gasteiger partial charge < -0.3 is 14.5 Å². The topological polar surface area (TPSA) is 38.6 Å². The van der Waals surface area contributed by atoms with E-state index < -0.39 is 0 Å². The highest BCUT2D eigenvalue weighted by Crippen LogP contribution is 2.05. The molecule has 2 aromatic heterocycles. The molecule has 17 heavy (non-hydrogen) atoms. The summed E-state index contributed by atoms with van der Waals surface area (Å²) < 4.78 is 7.57. The molecule has 0 amide bonds. The molecular weight excluding hydrogens is 214 g/mol. The maximum atomic E-state index is 5.56. The highest BCUT2D eigenvalue weighted by atomic mass is 16.5. The molecule has 1 N–H and O–H groups in total. The lowest BCUT2D eigenvalue weighted by molar-refractivity contribution is 0.120. The number of hydrogen-bond acceptors (Lipinski definition) is 3. The first-order valence-electron chi connectivity index (χ1n) is 6.11. The number of aromatic nitrogens is 2. The van der Waals surface area contributed by atoms with E-state index in [4.69, 9.17) is 4.74 Å². The number of ether oxygens (including phenoxy) is 1.